The van der Waals surface area contributed by atoms with Gasteiger partial charge >= 0.3 is 0 Å². The van der Waals surface area contributed by atoms with Gasteiger partial charge in [0.25, 0.3) is 0 Å². The Hall–Kier alpha value is -0.910. The zero-order valence-corrected chi connectivity index (χ0v) is 12.7. The summed E-state index contributed by atoms with van der Waals surface area (Å²) in [7, 11) is -3.20. The average Bonchev–Trinajstić information content (AvgIpc) is 2.74. The third kappa shape index (κ3) is 4.30. The summed E-state index contributed by atoms with van der Waals surface area (Å²) in [6.07, 6.45) is 4.90. The van der Waals surface area contributed by atoms with E-state index in [2.05, 4.69) is 4.90 Å². The summed E-state index contributed by atoms with van der Waals surface area (Å²) >= 11 is 0. The fourth-order valence-electron chi connectivity index (χ4n) is 2.59. The Morgan fingerprint density at radius 2 is 1.80 bits per heavy atom. The average molecular weight is 296 g/mol. The predicted octanol–water partition coefficient (Wildman–Crippen LogP) is 1.79. The number of likely N-dealkylation sites (tertiary alicyclic amines) is 1. The standard InChI is InChI=1S/C15H24N2O2S/c16-13-14-6-5-7-15(12-14)20(18,19)11-10-17-8-3-1-2-4-9-17/h5-7,12H,1-4,8-11,13,16H2. The lowest BCUT2D eigenvalue weighted by atomic mass is 10.2. The third-order valence-electron chi connectivity index (χ3n) is 3.87. The van der Waals surface area contributed by atoms with Gasteiger partial charge in [-0.15, -0.1) is 0 Å². The largest absolute Gasteiger partial charge is 0.326 e. The molecule has 0 aromatic heterocycles. The fourth-order valence-corrected chi connectivity index (χ4v) is 3.94. The normalized spacial score (nSPS) is 17.9. The molecule has 1 aromatic carbocycles. The minimum atomic E-state index is -3.20. The van der Waals surface area contributed by atoms with Crippen LogP contribution in [0, 0.1) is 0 Å². The number of benzene rings is 1. The SMILES string of the molecule is NCc1cccc(S(=O)(=O)CCN2CCCCCC2)c1. The maximum atomic E-state index is 12.4. The second-order valence-corrected chi connectivity index (χ2v) is 7.54. The Morgan fingerprint density at radius 3 is 2.45 bits per heavy atom. The van der Waals surface area contributed by atoms with Crippen molar-refractivity contribution in [1.82, 2.24) is 4.90 Å². The number of hydrogen-bond acceptors (Lipinski definition) is 4. The molecule has 1 saturated heterocycles. The highest BCUT2D eigenvalue weighted by Gasteiger charge is 2.17. The van der Waals surface area contributed by atoms with E-state index >= 15 is 0 Å². The highest BCUT2D eigenvalue weighted by atomic mass is 32.2. The van der Waals surface area contributed by atoms with Gasteiger partial charge in [0, 0.05) is 13.1 Å². The van der Waals surface area contributed by atoms with Crippen molar-refractivity contribution in [2.24, 2.45) is 5.73 Å². The maximum Gasteiger partial charge on any atom is 0.179 e. The Bertz CT molecular complexity index is 520. The Balaban J connectivity index is 1.99. The second kappa shape index (κ2) is 7.20. The summed E-state index contributed by atoms with van der Waals surface area (Å²) in [5.74, 6) is 0.195. The molecule has 2 rings (SSSR count). The number of nitrogens with zero attached hydrogens (tertiary/aromatic N) is 1. The molecule has 1 heterocycles. The molecule has 0 unspecified atom stereocenters. The van der Waals surface area contributed by atoms with Crippen LogP contribution in [0.2, 0.25) is 0 Å². The van der Waals surface area contributed by atoms with E-state index in [0.717, 1.165) is 18.7 Å². The monoisotopic (exact) mass is 296 g/mol. The van der Waals surface area contributed by atoms with Crippen LogP contribution in [0.3, 0.4) is 0 Å². The number of hydrogen-bond donors (Lipinski definition) is 1. The van der Waals surface area contributed by atoms with Crippen molar-refractivity contribution in [3.05, 3.63) is 29.8 Å². The van der Waals surface area contributed by atoms with E-state index in [-0.39, 0.29) is 5.75 Å². The first-order valence-corrected chi connectivity index (χ1v) is 9.01. The summed E-state index contributed by atoms with van der Waals surface area (Å²) in [5, 5.41) is 0. The number of nitrogens with two attached hydrogens (primary N) is 1. The molecule has 0 amide bonds. The van der Waals surface area contributed by atoms with E-state index in [0.29, 0.717) is 18.0 Å². The third-order valence-corrected chi connectivity index (χ3v) is 5.56. The zero-order chi connectivity index (χ0) is 14.4. The summed E-state index contributed by atoms with van der Waals surface area (Å²) in [6, 6.07) is 6.98. The molecule has 20 heavy (non-hydrogen) atoms. The van der Waals surface area contributed by atoms with Crippen LogP contribution in [0.4, 0.5) is 0 Å². The van der Waals surface area contributed by atoms with Crippen LogP contribution in [-0.2, 0) is 16.4 Å². The molecule has 1 aromatic rings. The van der Waals surface area contributed by atoms with E-state index in [9.17, 15) is 8.42 Å². The van der Waals surface area contributed by atoms with Crippen molar-refractivity contribution >= 4 is 9.84 Å². The first kappa shape index (κ1) is 15.5. The highest BCUT2D eigenvalue weighted by molar-refractivity contribution is 7.91. The lowest BCUT2D eigenvalue weighted by molar-refractivity contribution is 0.301. The maximum absolute atomic E-state index is 12.4. The molecule has 1 fully saturated rings. The van der Waals surface area contributed by atoms with E-state index < -0.39 is 9.84 Å². The van der Waals surface area contributed by atoms with Crippen molar-refractivity contribution in [2.75, 3.05) is 25.4 Å². The summed E-state index contributed by atoms with van der Waals surface area (Å²) in [4.78, 5) is 2.67. The van der Waals surface area contributed by atoms with Crippen LogP contribution in [-0.4, -0.2) is 38.7 Å². The Labute approximate surface area is 121 Å². The number of sulfone groups is 1. The van der Waals surface area contributed by atoms with Crippen molar-refractivity contribution < 1.29 is 8.42 Å². The van der Waals surface area contributed by atoms with Gasteiger partial charge in [-0.2, -0.15) is 0 Å². The fraction of sp³-hybridized carbons (Fsp3) is 0.600. The van der Waals surface area contributed by atoms with Crippen molar-refractivity contribution in [2.45, 2.75) is 37.1 Å². The molecule has 0 radical (unpaired) electrons. The van der Waals surface area contributed by atoms with Gasteiger partial charge < -0.3 is 10.6 Å². The van der Waals surface area contributed by atoms with Crippen molar-refractivity contribution in [1.29, 1.82) is 0 Å². The molecule has 0 aliphatic carbocycles. The van der Waals surface area contributed by atoms with Crippen LogP contribution >= 0.6 is 0 Å². The Kier molecular flexibility index (Phi) is 5.57. The van der Waals surface area contributed by atoms with Gasteiger partial charge in [-0.25, -0.2) is 8.42 Å². The summed E-state index contributed by atoms with van der Waals surface area (Å²) in [5.41, 5.74) is 6.43. The minimum absolute atomic E-state index is 0.195. The first-order chi connectivity index (χ1) is 9.62. The van der Waals surface area contributed by atoms with E-state index in [1.165, 1.54) is 25.7 Å². The lowest BCUT2D eigenvalue weighted by Gasteiger charge is -2.19. The van der Waals surface area contributed by atoms with Crippen LogP contribution in [0.25, 0.3) is 0 Å². The van der Waals surface area contributed by atoms with E-state index in [1.807, 2.05) is 6.07 Å². The van der Waals surface area contributed by atoms with Crippen LogP contribution < -0.4 is 5.73 Å². The highest BCUT2D eigenvalue weighted by Crippen LogP contribution is 2.15. The lowest BCUT2D eigenvalue weighted by Crippen LogP contribution is -2.30. The van der Waals surface area contributed by atoms with Crippen LogP contribution in [0.1, 0.15) is 31.2 Å². The van der Waals surface area contributed by atoms with Crippen LogP contribution in [0.15, 0.2) is 29.2 Å². The number of rotatable bonds is 5. The molecule has 2 N–H and O–H groups in total. The van der Waals surface area contributed by atoms with E-state index in [1.54, 1.807) is 18.2 Å². The Morgan fingerprint density at radius 1 is 1.10 bits per heavy atom. The zero-order valence-electron chi connectivity index (χ0n) is 11.9. The molecular weight excluding hydrogens is 272 g/mol. The molecule has 1 aliphatic rings. The molecule has 4 nitrogen and oxygen atoms in total. The van der Waals surface area contributed by atoms with Gasteiger partial charge in [0.05, 0.1) is 10.6 Å². The van der Waals surface area contributed by atoms with E-state index in [4.69, 9.17) is 5.73 Å². The molecule has 112 valence electrons. The molecule has 0 bridgehead atoms. The summed E-state index contributed by atoms with van der Waals surface area (Å²) < 4.78 is 24.7. The molecule has 5 heteroatoms. The molecule has 0 spiro atoms. The van der Waals surface area contributed by atoms with Gasteiger partial charge in [0.2, 0.25) is 0 Å². The predicted molar refractivity (Wildman–Crippen MR) is 81.3 cm³/mol. The van der Waals surface area contributed by atoms with Gasteiger partial charge in [-0.1, -0.05) is 25.0 Å². The molecule has 0 saturated carbocycles. The van der Waals surface area contributed by atoms with Gasteiger partial charge in [-0.05, 0) is 43.6 Å². The smallest absolute Gasteiger partial charge is 0.179 e. The topological polar surface area (TPSA) is 63.4 Å². The minimum Gasteiger partial charge on any atom is -0.326 e. The van der Waals surface area contributed by atoms with Crippen molar-refractivity contribution in [3.63, 3.8) is 0 Å². The first-order valence-electron chi connectivity index (χ1n) is 7.36. The molecule has 0 atom stereocenters. The second-order valence-electron chi connectivity index (χ2n) is 5.43. The van der Waals surface area contributed by atoms with Crippen molar-refractivity contribution in [3.8, 4) is 0 Å². The van der Waals surface area contributed by atoms with Crippen LogP contribution in [0.5, 0.6) is 0 Å². The molecule has 1 aliphatic heterocycles. The quantitative estimate of drug-likeness (QED) is 0.900. The molecular formula is C15H24N2O2S. The van der Waals surface area contributed by atoms with Gasteiger partial charge in [0.1, 0.15) is 0 Å². The summed E-state index contributed by atoms with van der Waals surface area (Å²) in [6.45, 7) is 3.06. The van der Waals surface area contributed by atoms with Gasteiger partial charge in [0.15, 0.2) is 9.84 Å². The van der Waals surface area contributed by atoms with Gasteiger partial charge in [-0.3, -0.25) is 0 Å².